The van der Waals surface area contributed by atoms with E-state index in [0.29, 0.717) is 25.1 Å². The first kappa shape index (κ1) is 25.8. The number of imidazole rings is 1. The molecule has 4 aromatic rings. The summed E-state index contributed by atoms with van der Waals surface area (Å²) in [6.07, 6.45) is 5.44. The topological polar surface area (TPSA) is 74.6 Å². The van der Waals surface area contributed by atoms with E-state index in [0.717, 1.165) is 52.6 Å². The molecule has 1 N–H and O–H groups in total. The molecule has 0 bridgehead atoms. The predicted octanol–water partition coefficient (Wildman–Crippen LogP) is 5.53. The van der Waals surface area contributed by atoms with Crippen LogP contribution in [-0.4, -0.2) is 42.8 Å². The van der Waals surface area contributed by atoms with Gasteiger partial charge in [-0.2, -0.15) is 0 Å². The van der Waals surface area contributed by atoms with Crippen LogP contribution in [0.4, 0.5) is 0 Å². The van der Waals surface area contributed by atoms with Crippen molar-refractivity contribution in [2.75, 3.05) is 27.4 Å². The van der Waals surface area contributed by atoms with Crippen molar-refractivity contribution in [2.24, 2.45) is 0 Å². The Morgan fingerprint density at radius 1 is 1.00 bits per heavy atom. The van der Waals surface area contributed by atoms with Gasteiger partial charge >= 0.3 is 0 Å². The van der Waals surface area contributed by atoms with Crippen LogP contribution in [0.2, 0.25) is 0 Å². The number of aromatic nitrogens is 2. The lowest BCUT2D eigenvalue weighted by molar-refractivity contribution is 0.0954. The van der Waals surface area contributed by atoms with Gasteiger partial charge < -0.3 is 24.1 Å². The monoisotopic (exact) mass is 499 g/mol. The largest absolute Gasteiger partial charge is 0.497 e. The molecule has 1 heterocycles. The van der Waals surface area contributed by atoms with E-state index in [4.69, 9.17) is 19.2 Å². The quantitative estimate of drug-likeness (QED) is 0.260. The summed E-state index contributed by atoms with van der Waals surface area (Å²) in [6, 6.07) is 21.1. The second-order valence-corrected chi connectivity index (χ2v) is 8.52. The van der Waals surface area contributed by atoms with Crippen LogP contribution in [0.5, 0.6) is 17.2 Å². The third-order valence-electron chi connectivity index (χ3n) is 6.05. The molecule has 192 valence electrons. The Balaban J connectivity index is 1.37. The Hall–Kier alpha value is -4.26. The summed E-state index contributed by atoms with van der Waals surface area (Å²) in [5.41, 5.74) is 3.69. The number of carbonyl (C=O) groups is 1. The maximum absolute atomic E-state index is 12.5. The Morgan fingerprint density at radius 2 is 1.81 bits per heavy atom. The van der Waals surface area contributed by atoms with Crippen LogP contribution in [0.3, 0.4) is 0 Å². The van der Waals surface area contributed by atoms with Crippen molar-refractivity contribution in [3.8, 4) is 17.2 Å². The number of hydrogen-bond donors (Lipinski definition) is 1. The Kier molecular flexibility index (Phi) is 8.81. The number of hydrogen-bond acceptors (Lipinski definition) is 5. The van der Waals surface area contributed by atoms with Crippen molar-refractivity contribution in [3.05, 3.63) is 89.8 Å². The highest BCUT2D eigenvalue weighted by atomic mass is 16.5. The van der Waals surface area contributed by atoms with Crippen molar-refractivity contribution in [3.63, 3.8) is 0 Å². The Morgan fingerprint density at radius 3 is 2.57 bits per heavy atom. The van der Waals surface area contributed by atoms with Crippen LogP contribution < -0.4 is 19.5 Å². The Bertz CT molecular complexity index is 1360. The minimum Gasteiger partial charge on any atom is -0.497 e. The van der Waals surface area contributed by atoms with Gasteiger partial charge in [0.1, 0.15) is 11.6 Å². The fourth-order valence-corrected chi connectivity index (χ4v) is 4.20. The van der Waals surface area contributed by atoms with Gasteiger partial charge in [0, 0.05) is 25.1 Å². The predicted molar refractivity (Wildman–Crippen MR) is 147 cm³/mol. The minimum absolute atomic E-state index is 0.117. The van der Waals surface area contributed by atoms with E-state index in [-0.39, 0.29) is 5.91 Å². The van der Waals surface area contributed by atoms with Gasteiger partial charge in [0.25, 0.3) is 5.91 Å². The molecule has 0 aliphatic heterocycles. The first-order valence-corrected chi connectivity index (χ1v) is 12.4. The number of nitrogens with zero attached hydrogens (tertiary/aromatic N) is 2. The lowest BCUT2D eigenvalue weighted by Gasteiger charge is -2.13. The number of fused-ring (bicyclic) bond motifs is 1. The molecule has 0 aliphatic carbocycles. The summed E-state index contributed by atoms with van der Waals surface area (Å²) in [5.74, 6) is 2.99. The van der Waals surface area contributed by atoms with Crippen LogP contribution in [0, 0.1) is 0 Å². The molecule has 7 nitrogen and oxygen atoms in total. The average Bonchev–Trinajstić information content (AvgIpc) is 3.28. The maximum atomic E-state index is 12.5. The van der Waals surface area contributed by atoms with Gasteiger partial charge in [0.2, 0.25) is 0 Å². The summed E-state index contributed by atoms with van der Waals surface area (Å²) in [7, 11) is 3.26. The van der Waals surface area contributed by atoms with Crippen molar-refractivity contribution in [1.82, 2.24) is 14.9 Å². The van der Waals surface area contributed by atoms with Crippen molar-refractivity contribution in [2.45, 2.75) is 26.3 Å². The van der Waals surface area contributed by atoms with Gasteiger partial charge in [-0.15, -0.1) is 0 Å². The number of methoxy groups -OCH3 is 2. The molecule has 4 rings (SSSR count). The highest BCUT2D eigenvalue weighted by molar-refractivity contribution is 5.94. The molecule has 3 aromatic carbocycles. The number of aryl methyl sites for hydroxylation is 1. The minimum atomic E-state index is -0.117. The molecule has 37 heavy (non-hydrogen) atoms. The van der Waals surface area contributed by atoms with E-state index in [2.05, 4.69) is 16.0 Å². The number of para-hydroxylation sites is 2. The number of rotatable bonds is 12. The zero-order chi connectivity index (χ0) is 26.0. The summed E-state index contributed by atoms with van der Waals surface area (Å²) in [6.45, 7) is 3.76. The maximum Gasteiger partial charge on any atom is 0.251 e. The highest BCUT2D eigenvalue weighted by Gasteiger charge is 2.12. The molecular formula is C30H33N3O4. The van der Waals surface area contributed by atoms with Gasteiger partial charge in [0.15, 0.2) is 11.5 Å². The molecule has 0 fully saturated rings. The third kappa shape index (κ3) is 6.50. The SMILES string of the molecule is C/C=C/c1ccc(OCCCn2c(CCNC(=O)c3ccc(OC)cc3)nc3ccccc32)c(OC)c1. The van der Waals surface area contributed by atoms with Crippen LogP contribution in [0.15, 0.2) is 72.8 Å². The van der Waals surface area contributed by atoms with Crippen molar-refractivity contribution in [1.29, 1.82) is 0 Å². The second kappa shape index (κ2) is 12.6. The summed E-state index contributed by atoms with van der Waals surface area (Å²) in [4.78, 5) is 17.4. The van der Waals surface area contributed by atoms with Crippen molar-refractivity contribution < 1.29 is 19.0 Å². The van der Waals surface area contributed by atoms with Crippen LogP contribution in [-0.2, 0) is 13.0 Å². The fraction of sp³-hybridized carbons (Fsp3) is 0.267. The highest BCUT2D eigenvalue weighted by Crippen LogP contribution is 2.29. The normalized spacial score (nSPS) is 11.1. The molecule has 0 radical (unpaired) electrons. The number of allylic oxidation sites excluding steroid dienone is 1. The lowest BCUT2D eigenvalue weighted by Crippen LogP contribution is -2.26. The molecular weight excluding hydrogens is 466 g/mol. The number of benzene rings is 3. The van der Waals surface area contributed by atoms with Gasteiger partial charge in [0.05, 0.1) is 31.9 Å². The van der Waals surface area contributed by atoms with Gasteiger partial charge in [-0.3, -0.25) is 4.79 Å². The molecule has 0 unspecified atom stereocenters. The van der Waals surface area contributed by atoms with E-state index in [1.165, 1.54) is 0 Å². The fourth-order valence-electron chi connectivity index (χ4n) is 4.20. The van der Waals surface area contributed by atoms with Crippen molar-refractivity contribution >= 4 is 23.0 Å². The Labute approximate surface area is 217 Å². The zero-order valence-corrected chi connectivity index (χ0v) is 21.6. The summed E-state index contributed by atoms with van der Waals surface area (Å²) < 4.78 is 18.9. The number of nitrogens with one attached hydrogen (secondary N) is 1. The van der Waals surface area contributed by atoms with E-state index < -0.39 is 0 Å². The van der Waals surface area contributed by atoms with Gasteiger partial charge in [-0.1, -0.05) is 30.4 Å². The van der Waals surface area contributed by atoms with E-state index in [1.807, 2.05) is 55.5 Å². The molecule has 1 amide bonds. The lowest BCUT2D eigenvalue weighted by atomic mass is 10.2. The molecule has 7 heteroatoms. The zero-order valence-electron chi connectivity index (χ0n) is 21.6. The van der Waals surface area contributed by atoms with E-state index >= 15 is 0 Å². The third-order valence-corrected chi connectivity index (χ3v) is 6.05. The summed E-state index contributed by atoms with van der Waals surface area (Å²) >= 11 is 0. The van der Waals surface area contributed by atoms with Gasteiger partial charge in [-0.25, -0.2) is 4.98 Å². The van der Waals surface area contributed by atoms with E-state index in [9.17, 15) is 4.79 Å². The first-order valence-electron chi connectivity index (χ1n) is 12.4. The number of ether oxygens (including phenoxy) is 3. The van der Waals surface area contributed by atoms with Crippen LogP contribution in [0.1, 0.15) is 35.1 Å². The second-order valence-electron chi connectivity index (χ2n) is 8.52. The number of carbonyl (C=O) groups excluding carboxylic acids is 1. The molecule has 1 aromatic heterocycles. The summed E-state index contributed by atoms with van der Waals surface area (Å²) in [5, 5.41) is 2.99. The average molecular weight is 500 g/mol. The standard InChI is InChI=1S/C30H33N3O4/c1-4-8-22-11-16-27(28(21-22)36-3)37-20-7-19-33-26-10-6-5-9-25(26)32-29(33)17-18-31-30(34)23-12-14-24(35-2)15-13-23/h4-6,8-16,21H,7,17-20H2,1-3H3,(H,31,34)/b8-4+. The van der Waals surface area contributed by atoms with Crippen LogP contribution >= 0.6 is 0 Å². The first-order chi connectivity index (χ1) is 18.1. The molecule has 0 spiro atoms. The molecule has 0 atom stereocenters. The van der Waals surface area contributed by atoms with Gasteiger partial charge in [-0.05, 0) is 67.4 Å². The van der Waals surface area contributed by atoms with E-state index in [1.54, 1.807) is 38.5 Å². The molecule has 0 saturated heterocycles. The smallest absolute Gasteiger partial charge is 0.251 e. The molecule has 0 aliphatic rings. The number of amides is 1. The molecule has 0 saturated carbocycles. The van der Waals surface area contributed by atoms with Crippen LogP contribution in [0.25, 0.3) is 17.1 Å².